The largest absolute Gasteiger partial charge is 0.497 e. The number of nitro groups is 1. The van der Waals surface area contributed by atoms with E-state index in [0.717, 1.165) is 0 Å². The van der Waals surface area contributed by atoms with Crippen molar-refractivity contribution in [2.75, 3.05) is 12.4 Å². The molecule has 0 saturated heterocycles. The van der Waals surface area contributed by atoms with Crippen LogP contribution < -0.4 is 10.1 Å². The molecule has 6 nitrogen and oxygen atoms in total. The molecule has 21 heavy (non-hydrogen) atoms. The van der Waals surface area contributed by atoms with Crippen LogP contribution in [0.3, 0.4) is 0 Å². The SMILES string of the molecule is COc1ccc(Br)c(NC(=O)c2ccccc2[N+](=O)[O-])c1. The van der Waals surface area contributed by atoms with Crippen molar-refractivity contribution in [3.8, 4) is 5.75 Å². The van der Waals surface area contributed by atoms with Gasteiger partial charge in [-0.25, -0.2) is 0 Å². The number of methoxy groups -OCH3 is 1. The maximum absolute atomic E-state index is 12.2. The summed E-state index contributed by atoms with van der Waals surface area (Å²) < 4.78 is 5.73. The summed E-state index contributed by atoms with van der Waals surface area (Å²) in [5.74, 6) is 0.00677. The second-order valence-electron chi connectivity index (χ2n) is 4.07. The first-order chi connectivity index (χ1) is 10.0. The molecule has 1 amide bonds. The molecule has 2 aromatic rings. The Hall–Kier alpha value is -2.41. The monoisotopic (exact) mass is 350 g/mol. The summed E-state index contributed by atoms with van der Waals surface area (Å²) in [6, 6.07) is 10.8. The van der Waals surface area contributed by atoms with Crippen molar-refractivity contribution < 1.29 is 14.5 Å². The summed E-state index contributed by atoms with van der Waals surface area (Å²) in [6.07, 6.45) is 0. The van der Waals surface area contributed by atoms with Gasteiger partial charge in [-0.15, -0.1) is 0 Å². The molecule has 0 fully saturated rings. The molecule has 0 aliphatic rings. The molecule has 0 unspecified atom stereocenters. The third kappa shape index (κ3) is 3.38. The van der Waals surface area contributed by atoms with Crippen molar-refractivity contribution in [3.63, 3.8) is 0 Å². The van der Waals surface area contributed by atoms with Crippen molar-refractivity contribution in [2.24, 2.45) is 0 Å². The summed E-state index contributed by atoms with van der Waals surface area (Å²) in [6.45, 7) is 0. The molecule has 0 aromatic heterocycles. The highest BCUT2D eigenvalue weighted by Crippen LogP contribution is 2.28. The van der Waals surface area contributed by atoms with Gasteiger partial charge in [0.15, 0.2) is 0 Å². The van der Waals surface area contributed by atoms with Crippen LogP contribution >= 0.6 is 15.9 Å². The molecule has 0 saturated carbocycles. The van der Waals surface area contributed by atoms with E-state index in [-0.39, 0.29) is 11.3 Å². The van der Waals surface area contributed by atoms with Gasteiger partial charge in [-0.3, -0.25) is 14.9 Å². The maximum atomic E-state index is 12.2. The minimum atomic E-state index is -0.588. The minimum absolute atomic E-state index is 0.00257. The molecular formula is C14H11BrN2O4. The molecule has 108 valence electrons. The quantitative estimate of drug-likeness (QED) is 0.674. The van der Waals surface area contributed by atoms with E-state index >= 15 is 0 Å². The van der Waals surface area contributed by atoms with E-state index in [1.807, 2.05) is 0 Å². The molecular weight excluding hydrogens is 340 g/mol. The lowest BCUT2D eigenvalue weighted by molar-refractivity contribution is -0.385. The zero-order valence-electron chi connectivity index (χ0n) is 11.0. The van der Waals surface area contributed by atoms with Crippen LogP contribution in [0, 0.1) is 10.1 Å². The number of carbonyl (C=O) groups excluding carboxylic acids is 1. The molecule has 0 heterocycles. The number of hydrogen-bond acceptors (Lipinski definition) is 4. The van der Waals surface area contributed by atoms with Gasteiger partial charge in [0, 0.05) is 16.6 Å². The van der Waals surface area contributed by atoms with Crippen LogP contribution in [0.5, 0.6) is 5.75 Å². The molecule has 0 spiro atoms. The second kappa shape index (κ2) is 6.36. The van der Waals surface area contributed by atoms with Crippen molar-refractivity contribution in [3.05, 3.63) is 62.6 Å². The Balaban J connectivity index is 2.33. The summed E-state index contributed by atoms with van der Waals surface area (Å²) in [5, 5.41) is 13.6. The van der Waals surface area contributed by atoms with Gasteiger partial charge < -0.3 is 10.1 Å². The minimum Gasteiger partial charge on any atom is -0.497 e. The van der Waals surface area contributed by atoms with E-state index < -0.39 is 10.8 Å². The van der Waals surface area contributed by atoms with Crippen molar-refractivity contribution in [1.29, 1.82) is 0 Å². The van der Waals surface area contributed by atoms with E-state index in [1.165, 1.54) is 25.3 Å². The number of anilines is 1. The summed E-state index contributed by atoms with van der Waals surface area (Å²) in [7, 11) is 1.51. The zero-order chi connectivity index (χ0) is 15.4. The topological polar surface area (TPSA) is 81.5 Å². The van der Waals surface area contributed by atoms with Gasteiger partial charge in [0.05, 0.1) is 17.7 Å². The predicted octanol–water partition coefficient (Wildman–Crippen LogP) is 3.62. The van der Waals surface area contributed by atoms with E-state index in [2.05, 4.69) is 21.2 Å². The smallest absolute Gasteiger partial charge is 0.282 e. The maximum Gasteiger partial charge on any atom is 0.282 e. The zero-order valence-corrected chi connectivity index (χ0v) is 12.6. The first kappa shape index (κ1) is 15.0. The Bertz CT molecular complexity index is 703. The average molecular weight is 351 g/mol. The van der Waals surface area contributed by atoms with Crippen LogP contribution in [0.1, 0.15) is 10.4 Å². The molecule has 0 aliphatic carbocycles. The van der Waals surface area contributed by atoms with Gasteiger partial charge >= 0.3 is 0 Å². The number of carbonyl (C=O) groups is 1. The highest BCUT2D eigenvalue weighted by atomic mass is 79.9. The molecule has 7 heteroatoms. The lowest BCUT2D eigenvalue weighted by Gasteiger charge is -2.09. The Morgan fingerprint density at radius 3 is 2.67 bits per heavy atom. The van der Waals surface area contributed by atoms with E-state index in [1.54, 1.807) is 24.3 Å². The van der Waals surface area contributed by atoms with Crippen molar-refractivity contribution >= 4 is 33.2 Å². The Morgan fingerprint density at radius 1 is 1.29 bits per heavy atom. The molecule has 0 bridgehead atoms. The van der Waals surface area contributed by atoms with E-state index in [4.69, 9.17) is 4.74 Å². The number of hydrogen-bond donors (Lipinski definition) is 1. The number of ether oxygens (including phenoxy) is 1. The summed E-state index contributed by atoms with van der Waals surface area (Å²) in [5.41, 5.74) is 0.226. The molecule has 2 aromatic carbocycles. The van der Waals surface area contributed by atoms with Crippen LogP contribution in [-0.2, 0) is 0 Å². The number of halogens is 1. The number of para-hydroxylation sites is 1. The Kier molecular flexibility index (Phi) is 4.54. The third-order valence-corrected chi connectivity index (χ3v) is 3.46. The van der Waals surface area contributed by atoms with Crippen LogP contribution in [-0.4, -0.2) is 17.9 Å². The van der Waals surface area contributed by atoms with Gasteiger partial charge in [-0.1, -0.05) is 12.1 Å². The number of nitrogens with zero attached hydrogens (tertiary/aromatic N) is 1. The van der Waals surface area contributed by atoms with E-state index in [0.29, 0.717) is 15.9 Å². The first-order valence-corrected chi connectivity index (χ1v) is 6.70. The molecule has 0 radical (unpaired) electrons. The predicted molar refractivity (Wildman–Crippen MR) is 81.7 cm³/mol. The average Bonchev–Trinajstić information content (AvgIpc) is 2.49. The van der Waals surface area contributed by atoms with Crippen molar-refractivity contribution in [2.45, 2.75) is 0 Å². The van der Waals surface area contributed by atoms with Crippen LogP contribution in [0.25, 0.3) is 0 Å². The highest BCUT2D eigenvalue weighted by molar-refractivity contribution is 9.10. The first-order valence-electron chi connectivity index (χ1n) is 5.91. The molecule has 0 atom stereocenters. The third-order valence-electron chi connectivity index (χ3n) is 2.77. The van der Waals surface area contributed by atoms with Gasteiger partial charge in [-0.05, 0) is 34.1 Å². The van der Waals surface area contributed by atoms with Crippen LogP contribution in [0.15, 0.2) is 46.9 Å². The van der Waals surface area contributed by atoms with Gasteiger partial charge in [0.1, 0.15) is 11.3 Å². The fourth-order valence-corrected chi connectivity index (χ4v) is 2.09. The Labute approximate surface area is 129 Å². The lowest BCUT2D eigenvalue weighted by Crippen LogP contribution is -2.14. The number of nitro benzene ring substituents is 1. The highest BCUT2D eigenvalue weighted by Gasteiger charge is 2.19. The number of rotatable bonds is 4. The number of benzene rings is 2. The fourth-order valence-electron chi connectivity index (χ4n) is 1.74. The van der Waals surface area contributed by atoms with Gasteiger partial charge in [0.25, 0.3) is 11.6 Å². The summed E-state index contributed by atoms with van der Waals surface area (Å²) in [4.78, 5) is 22.6. The van der Waals surface area contributed by atoms with Gasteiger partial charge in [0.2, 0.25) is 0 Å². The molecule has 1 N–H and O–H groups in total. The second-order valence-corrected chi connectivity index (χ2v) is 4.93. The van der Waals surface area contributed by atoms with E-state index in [9.17, 15) is 14.9 Å². The van der Waals surface area contributed by atoms with Crippen LogP contribution in [0.2, 0.25) is 0 Å². The summed E-state index contributed by atoms with van der Waals surface area (Å²) >= 11 is 3.30. The van der Waals surface area contributed by atoms with Gasteiger partial charge in [-0.2, -0.15) is 0 Å². The standard InChI is InChI=1S/C14H11BrN2O4/c1-21-9-6-7-11(15)12(8-9)16-14(18)10-4-2-3-5-13(10)17(19)20/h2-8H,1H3,(H,16,18). The van der Waals surface area contributed by atoms with Crippen LogP contribution in [0.4, 0.5) is 11.4 Å². The molecule has 2 rings (SSSR count). The Morgan fingerprint density at radius 2 is 2.00 bits per heavy atom. The number of amides is 1. The fraction of sp³-hybridized carbons (Fsp3) is 0.0714. The molecule has 0 aliphatic heterocycles. The van der Waals surface area contributed by atoms with Crippen molar-refractivity contribution in [1.82, 2.24) is 0 Å². The number of nitrogens with one attached hydrogen (secondary N) is 1. The normalized spacial score (nSPS) is 10.0. The lowest BCUT2D eigenvalue weighted by atomic mass is 10.1.